The van der Waals surface area contributed by atoms with Gasteiger partial charge in [-0.3, -0.25) is 0 Å². The number of carbonyl (C=O) groups is 1. The molecule has 0 radical (unpaired) electrons. The van der Waals surface area contributed by atoms with Crippen LogP contribution in [0.5, 0.6) is 11.6 Å². The molecule has 2 amide bonds. The molecule has 3 rings (SSSR count). The molecule has 5 nitrogen and oxygen atoms in total. The van der Waals surface area contributed by atoms with E-state index < -0.39 is 5.95 Å². The second-order valence-electron chi connectivity index (χ2n) is 8.27. The van der Waals surface area contributed by atoms with Crippen LogP contribution in [-0.4, -0.2) is 17.1 Å². The zero-order valence-corrected chi connectivity index (χ0v) is 16.7. The zero-order valence-electron chi connectivity index (χ0n) is 16.7. The Labute approximate surface area is 165 Å². The van der Waals surface area contributed by atoms with Crippen LogP contribution in [0.3, 0.4) is 0 Å². The van der Waals surface area contributed by atoms with E-state index >= 15 is 0 Å². The molecular formula is C22H28FN3O2. The number of halogens is 1. The maximum atomic E-state index is 13.8. The van der Waals surface area contributed by atoms with Crippen molar-refractivity contribution >= 4 is 11.7 Å². The number of anilines is 1. The largest absolute Gasteiger partial charge is 0.437 e. The van der Waals surface area contributed by atoms with Crippen LogP contribution in [0.25, 0.3) is 0 Å². The van der Waals surface area contributed by atoms with E-state index in [1.54, 1.807) is 0 Å². The van der Waals surface area contributed by atoms with Gasteiger partial charge in [0.05, 0.1) is 0 Å². The summed E-state index contributed by atoms with van der Waals surface area (Å²) in [5, 5.41) is 5.74. The molecule has 0 unspecified atom stereocenters. The van der Waals surface area contributed by atoms with Crippen molar-refractivity contribution in [1.29, 1.82) is 0 Å². The fourth-order valence-electron chi connectivity index (χ4n) is 3.46. The number of hydrogen-bond acceptors (Lipinski definition) is 3. The first kappa shape index (κ1) is 20.1. The lowest BCUT2D eigenvalue weighted by atomic mass is 9.86. The third-order valence-corrected chi connectivity index (χ3v) is 4.92. The molecule has 1 aliphatic carbocycles. The van der Waals surface area contributed by atoms with Crippen LogP contribution in [0, 0.1) is 5.95 Å². The number of urea groups is 1. The van der Waals surface area contributed by atoms with Gasteiger partial charge in [0.2, 0.25) is 11.8 Å². The Balaban J connectivity index is 1.79. The number of nitrogens with zero attached hydrogens (tertiary/aromatic N) is 1. The van der Waals surface area contributed by atoms with Crippen molar-refractivity contribution in [2.75, 3.05) is 5.32 Å². The molecule has 0 atom stereocenters. The topological polar surface area (TPSA) is 63.2 Å². The predicted octanol–water partition coefficient (Wildman–Crippen LogP) is 5.76. The molecule has 1 fully saturated rings. The molecule has 1 heterocycles. The number of para-hydroxylation sites is 1. The fourth-order valence-corrected chi connectivity index (χ4v) is 3.46. The fraction of sp³-hybridized carbons (Fsp3) is 0.455. The Hall–Kier alpha value is -2.63. The van der Waals surface area contributed by atoms with E-state index in [-0.39, 0.29) is 23.4 Å². The quantitative estimate of drug-likeness (QED) is 0.658. The highest BCUT2D eigenvalue weighted by Gasteiger charge is 2.21. The van der Waals surface area contributed by atoms with E-state index in [4.69, 9.17) is 4.74 Å². The van der Waals surface area contributed by atoms with Crippen molar-refractivity contribution < 1.29 is 13.9 Å². The molecule has 2 N–H and O–H groups in total. The third kappa shape index (κ3) is 5.21. The average molecular weight is 384 g/mol. The van der Waals surface area contributed by atoms with Gasteiger partial charge in [-0.15, -0.1) is 0 Å². The molecule has 150 valence electrons. The van der Waals surface area contributed by atoms with Crippen molar-refractivity contribution in [3.63, 3.8) is 0 Å². The molecular weight excluding hydrogens is 356 g/mol. The minimum absolute atomic E-state index is 0.0375. The number of carbonyl (C=O) groups excluding carboxylic acids is 1. The van der Waals surface area contributed by atoms with E-state index in [1.807, 2.05) is 24.3 Å². The number of hydrogen-bond donors (Lipinski definition) is 2. The van der Waals surface area contributed by atoms with E-state index in [9.17, 15) is 9.18 Å². The summed E-state index contributed by atoms with van der Waals surface area (Å²) < 4.78 is 19.7. The van der Waals surface area contributed by atoms with Gasteiger partial charge in [-0.2, -0.15) is 9.37 Å². The summed E-state index contributed by atoms with van der Waals surface area (Å²) in [5.74, 6) is -0.0409. The Morgan fingerprint density at radius 2 is 1.82 bits per heavy atom. The molecule has 6 heteroatoms. The van der Waals surface area contributed by atoms with Gasteiger partial charge < -0.3 is 15.4 Å². The second kappa shape index (κ2) is 8.59. The number of pyridine rings is 1. The molecule has 0 spiro atoms. The zero-order chi connectivity index (χ0) is 20.1. The molecule has 0 saturated heterocycles. The first-order chi connectivity index (χ1) is 13.3. The Morgan fingerprint density at radius 1 is 1.11 bits per heavy atom. The molecule has 0 bridgehead atoms. The smallest absolute Gasteiger partial charge is 0.319 e. The van der Waals surface area contributed by atoms with E-state index in [1.165, 1.54) is 18.6 Å². The predicted molar refractivity (Wildman–Crippen MR) is 108 cm³/mol. The van der Waals surface area contributed by atoms with Crippen LogP contribution >= 0.6 is 0 Å². The van der Waals surface area contributed by atoms with Gasteiger partial charge >= 0.3 is 6.03 Å². The van der Waals surface area contributed by atoms with E-state index in [2.05, 4.69) is 36.4 Å². The van der Waals surface area contributed by atoms with Crippen LogP contribution in [0.4, 0.5) is 14.9 Å². The van der Waals surface area contributed by atoms with Crippen molar-refractivity contribution in [3.8, 4) is 11.6 Å². The second-order valence-corrected chi connectivity index (χ2v) is 8.27. The number of nitrogens with one attached hydrogen (secondary N) is 2. The van der Waals surface area contributed by atoms with Crippen molar-refractivity contribution in [2.24, 2.45) is 0 Å². The summed E-state index contributed by atoms with van der Waals surface area (Å²) in [4.78, 5) is 16.3. The summed E-state index contributed by atoms with van der Waals surface area (Å²) in [6, 6.07) is 10.1. The number of benzene rings is 1. The molecule has 1 aliphatic rings. The van der Waals surface area contributed by atoms with Gasteiger partial charge in [0.1, 0.15) is 11.4 Å². The monoisotopic (exact) mass is 384 g/mol. The summed E-state index contributed by atoms with van der Waals surface area (Å²) in [5.41, 5.74) is 1.15. The average Bonchev–Trinajstić information content (AvgIpc) is 2.64. The van der Waals surface area contributed by atoms with Crippen LogP contribution in [0.1, 0.15) is 58.4 Å². The highest BCUT2D eigenvalue weighted by molar-refractivity contribution is 5.90. The standard InChI is InChI=1S/C22H28FN3O2/c1-22(2,3)16-11-7-8-12-18(16)28-20-17(13-14-19(23)26-20)25-21(27)24-15-9-5-4-6-10-15/h7-8,11-15H,4-6,9-10H2,1-3H3,(H2,24,25,27)/i23-1. The number of aromatic nitrogens is 1. The summed E-state index contributed by atoms with van der Waals surface area (Å²) in [6.45, 7) is 6.22. The van der Waals surface area contributed by atoms with Gasteiger partial charge in [0, 0.05) is 11.6 Å². The van der Waals surface area contributed by atoms with Gasteiger partial charge in [0.25, 0.3) is 0 Å². The normalized spacial score (nSPS) is 15.1. The van der Waals surface area contributed by atoms with Gasteiger partial charge in [0.15, 0.2) is 0 Å². The van der Waals surface area contributed by atoms with E-state index in [0.717, 1.165) is 31.2 Å². The first-order valence-electron chi connectivity index (χ1n) is 9.84. The SMILES string of the molecule is CC(C)(C)c1ccccc1Oc1nc([18F])ccc1NC(=O)NC1CCCCC1. The van der Waals surface area contributed by atoms with Crippen LogP contribution in [-0.2, 0) is 5.41 Å². The van der Waals surface area contributed by atoms with Gasteiger partial charge in [-0.1, -0.05) is 58.2 Å². The lowest BCUT2D eigenvalue weighted by Gasteiger charge is -2.24. The Kier molecular flexibility index (Phi) is 6.17. The summed E-state index contributed by atoms with van der Waals surface area (Å²) in [6.07, 6.45) is 5.43. The van der Waals surface area contributed by atoms with Gasteiger partial charge in [-0.25, -0.2) is 4.79 Å². The lowest BCUT2D eigenvalue weighted by Crippen LogP contribution is -2.39. The Bertz CT molecular complexity index is 827. The van der Waals surface area contributed by atoms with E-state index in [0.29, 0.717) is 11.4 Å². The maximum Gasteiger partial charge on any atom is 0.319 e. The number of ether oxygens (including phenoxy) is 1. The highest BCUT2D eigenvalue weighted by atomic mass is 18.2. The highest BCUT2D eigenvalue weighted by Crippen LogP contribution is 2.35. The molecule has 28 heavy (non-hydrogen) atoms. The first-order valence-corrected chi connectivity index (χ1v) is 9.84. The number of rotatable bonds is 4. The van der Waals surface area contributed by atoms with Crippen molar-refractivity contribution in [3.05, 3.63) is 47.9 Å². The molecule has 1 saturated carbocycles. The molecule has 1 aromatic heterocycles. The molecule has 2 aromatic rings. The van der Waals surface area contributed by atoms with Crippen LogP contribution in [0.2, 0.25) is 0 Å². The Morgan fingerprint density at radius 3 is 2.54 bits per heavy atom. The van der Waals surface area contributed by atoms with Crippen molar-refractivity contribution in [1.82, 2.24) is 10.3 Å². The third-order valence-electron chi connectivity index (χ3n) is 4.92. The van der Waals surface area contributed by atoms with Gasteiger partial charge in [-0.05, 0) is 36.5 Å². The summed E-state index contributed by atoms with van der Waals surface area (Å²) >= 11 is 0. The summed E-state index contributed by atoms with van der Waals surface area (Å²) in [7, 11) is 0. The van der Waals surface area contributed by atoms with Crippen LogP contribution < -0.4 is 15.4 Å². The molecule has 1 aromatic carbocycles. The lowest BCUT2D eigenvalue weighted by molar-refractivity contribution is 0.244. The maximum absolute atomic E-state index is 13.8. The minimum Gasteiger partial charge on any atom is -0.437 e. The number of amides is 2. The van der Waals surface area contributed by atoms with Crippen LogP contribution in [0.15, 0.2) is 36.4 Å². The molecule has 0 aliphatic heterocycles. The minimum atomic E-state index is -0.665. The van der Waals surface area contributed by atoms with Crippen molar-refractivity contribution in [2.45, 2.75) is 64.3 Å².